The fraction of sp³-hybridized carbons (Fsp3) is 0.108. The number of carbonyl (C=O) groups is 3. The molecule has 0 saturated carbocycles. The summed E-state index contributed by atoms with van der Waals surface area (Å²) in [6.07, 6.45) is 1.68. The molecule has 0 radical (unpaired) electrons. The van der Waals surface area contributed by atoms with Gasteiger partial charge in [-0.1, -0.05) is 78.3 Å². The van der Waals surface area contributed by atoms with Gasteiger partial charge >= 0.3 is 0 Å². The molecule has 0 bridgehead atoms. The molecule has 0 aliphatic carbocycles. The summed E-state index contributed by atoms with van der Waals surface area (Å²) < 4.78 is 5.38. The van der Waals surface area contributed by atoms with Gasteiger partial charge in [0.15, 0.2) is 0 Å². The number of rotatable bonds is 10. The second-order valence-corrected chi connectivity index (χ2v) is 12.3. The van der Waals surface area contributed by atoms with Crippen LogP contribution in [-0.4, -0.2) is 30.1 Å². The number of anilines is 2. The van der Waals surface area contributed by atoms with E-state index in [4.69, 9.17) is 16.3 Å². The molecule has 0 spiro atoms. The monoisotopic (exact) mass is 649 g/mol. The summed E-state index contributed by atoms with van der Waals surface area (Å²) in [4.78, 5) is 40.7. The van der Waals surface area contributed by atoms with E-state index >= 15 is 0 Å². The Morgan fingerprint density at radius 1 is 0.848 bits per heavy atom. The van der Waals surface area contributed by atoms with E-state index in [1.54, 1.807) is 67.6 Å². The Bertz CT molecular complexity index is 1940. The van der Waals surface area contributed by atoms with Crippen LogP contribution >= 0.6 is 23.4 Å². The van der Waals surface area contributed by atoms with E-state index in [2.05, 4.69) is 16.0 Å². The standard InChI is InChI=1S/C37H32ClN3O4S/c1-23-19-32(34(45-3)22-31(23)38)40-35(42)24(2)46-29-17-10-16-28(21-29)39-37(44)33(41-36(43)26-12-5-4-6-13-26)20-27-15-9-14-25-11-7-8-18-30(25)27/h4-22,24H,1-3H3,(H,39,44)(H,40,42)(H,41,43)/b33-20+. The van der Waals surface area contributed by atoms with Crippen molar-refractivity contribution in [3.05, 3.63) is 137 Å². The number of hydrogen-bond donors (Lipinski definition) is 3. The van der Waals surface area contributed by atoms with Crippen LogP contribution in [0.25, 0.3) is 16.8 Å². The minimum absolute atomic E-state index is 0.0863. The third kappa shape index (κ3) is 7.96. The largest absolute Gasteiger partial charge is 0.495 e. The number of amides is 3. The molecule has 46 heavy (non-hydrogen) atoms. The number of carbonyl (C=O) groups excluding carboxylic acids is 3. The van der Waals surface area contributed by atoms with E-state index in [0.717, 1.165) is 26.8 Å². The second-order valence-electron chi connectivity index (χ2n) is 10.5. The maximum Gasteiger partial charge on any atom is 0.272 e. The molecular formula is C37H32ClN3O4S. The van der Waals surface area contributed by atoms with E-state index < -0.39 is 17.1 Å². The van der Waals surface area contributed by atoms with Gasteiger partial charge in [0, 0.05) is 27.2 Å². The van der Waals surface area contributed by atoms with Crippen LogP contribution in [0.5, 0.6) is 5.75 Å². The predicted molar refractivity (Wildman–Crippen MR) is 188 cm³/mol. The summed E-state index contributed by atoms with van der Waals surface area (Å²) in [5.74, 6) is -0.643. The first-order valence-electron chi connectivity index (χ1n) is 14.5. The maximum atomic E-state index is 13.7. The fourth-order valence-corrected chi connectivity index (χ4v) is 5.82. The highest BCUT2D eigenvalue weighted by atomic mass is 35.5. The summed E-state index contributed by atoms with van der Waals surface area (Å²) in [7, 11) is 1.52. The Kier molecular flexibility index (Phi) is 10.4. The third-order valence-corrected chi connectivity index (χ3v) is 8.67. The summed E-state index contributed by atoms with van der Waals surface area (Å²) in [6.45, 7) is 3.65. The zero-order valence-corrected chi connectivity index (χ0v) is 27.0. The van der Waals surface area contributed by atoms with E-state index in [-0.39, 0.29) is 11.6 Å². The first-order chi connectivity index (χ1) is 22.2. The molecule has 5 aromatic rings. The van der Waals surface area contributed by atoms with Gasteiger partial charge in [0.2, 0.25) is 5.91 Å². The topological polar surface area (TPSA) is 96.5 Å². The van der Waals surface area contributed by atoms with Crippen LogP contribution in [0, 0.1) is 6.92 Å². The average Bonchev–Trinajstić information content (AvgIpc) is 3.06. The number of halogens is 1. The number of benzene rings is 5. The summed E-state index contributed by atoms with van der Waals surface area (Å²) in [5, 5.41) is 10.7. The summed E-state index contributed by atoms with van der Waals surface area (Å²) >= 11 is 7.55. The van der Waals surface area contributed by atoms with Gasteiger partial charge in [0.05, 0.1) is 18.0 Å². The lowest BCUT2D eigenvalue weighted by Gasteiger charge is -2.16. The fourth-order valence-electron chi connectivity index (χ4n) is 4.74. The SMILES string of the molecule is COc1cc(Cl)c(C)cc1NC(=O)C(C)Sc1cccc(NC(=O)/C(=C\c2cccc3ccccc23)NC(=O)c2ccccc2)c1. The van der Waals surface area contributed by atoms with Crippen LogP contribution < -0.4 is 20.7 Å². The zero-order valence-electron chi connectivity index (χ0n) is 25.5. The molecule has 0 aliphatic rings. The maximum absolute atomic E-state index is 13.7. The molecule has 0 aromatic heterocycles. The Labute approximate surface area is 277 Å². The molecule has 3 N–H and O–H groups in total. The summed E-state index contributed by atoms with van der Waals surface area (Å²) in [5.41, 5.74) is 3.16. The molecule has 9 heteroatoms. The van der Waals surface area contributed by atoms with Gasteiger partial charge in [0.1, 0.15) is 11.4 Å². The van der Waals surface area contributed by atoms with Crippen LogP contribution in [0.2, 0.25) is 5.02 Å². The van der Waals surface area contributed by atoms with Crippen LogP contribution in [0.15, 0.2) is 120 Å². The lowest BCUT2D eigenvalue weighted by atomic mass is 10.0. The quantitative estimate of drug-likeness (QED) is 0.104. The smallest absolute Gasteiger partial charge is 0.272 e. The molecule has 0 heterocycles. The number of thioether (sulfide) groups is 1. The molecule has 7 nitrogen and oxygen atoms in total. The number of aryl methyl sites for hydroxylation is 1. The lowest BCUT2D eigenvalue weighted by Crippen LogP contribution is -2.30. The highest BCUT2D eigenvalue weighted by Crippen LogP contribution is 2.33. The van der Waals surface area contributed by atoms with Crippen molar-refractivity contribution in [1.29, 1.82) is 0 Å². The molecular weight excluding hydrogens is 618 g/mol. The minimum atomic E-state index is -0.490. The van der Waals surface area contributed by atoms with Crippen molar-refractivity contribution < 1.29 is 19.1 Å². The van der Waals surface area contributed by atoms with Crippen molar-refractivity contribution in [2.45, 2.75) is 24.0 Å². The van der Waals surface area contributed by atoms with Gasteiger partial charge < -0.3 is 20.7 Å². The van der Waals surface area contributed by atoms with E-state index in [1.807, 2.05) is 61.5 Å². The Morgan fingerprint density at radius 3 is 2.35 bits per heavy atom. The molecule has 3 amide bonds. The molecule has 0 aliphatic heterocycles. The highest BCUT2D eigenvalue weighted by molar-refractivity contribution is 8.00. The number of nitrogens with one attached hydrogen (secondary N) is 3. The van der Waals surface area contributed by atoms with E-state index in [0.29, 0.717) is 27.7 Å². The van der Waals surface area contributed by atoms with Gasteiger partial charge in [-0.3, -0.25) is 14.4 Å². The molecule has 0 fully saturated rings. The molecule has 232 valence electrons. The third-order valence-electron chi connectivity index (χ3n) is 7.16. The Hall–Kier alpha value is -5.05. The van der Waals surface area contributed by atoms with Crippen molar-refractivity contribution in [3.8, 4) is 5.75 Å². The average molecular weight is 650 g/mol. The molecule has 0 saturated heterocycles. The number of methoxy groups -OCH3 is 1. The number of fused-ring (bicyclic) bond motifs is 1. The lowest BCUT2D eigenvalue weighted by molar-refractivity contribution is -0.115. The van der Waals surface area contributed by atoms with Crippen molar-refractivity contribution in [2.24, 2.45) is 0 Å². The van der Waals surface area contributed by atoms with Crippen molar-refractivity contribution >= 4 is 69.3 Å². The number of hydrogen-bond acceptors (Lipinski definition) is 5. The van der Waals surface area contributed by atoms with Crippen LogP contribution in [0.1, 0.15) is 28.4 Å². The van der Waals surface area contributed by atoms with Crippen molar-refractivity contribution in [1.82, 2.24) is 5.32 Å². The van der Waals surface area contributed by atoms with E-state index in [1.165, 1.54) is 18.9 Å². The minimum Gasteiger partial charge on any atom is -0.495 e. The van der Waals surface area contributed by atoms with Gasteiger partial charge in [-0.25, -0.2) is 0 Å². The molecule has 1 unspecified atom stereocenters. The normalized spacial score (nSPS) is 11.9. The van der Waals surface area contributed by atoms with Crippen LogP contribution in [-0.2, 0) is 9.59 Å². The molecule has 5 rings (SSSR count). The van der Waals surface area contributed by atoms with Crippen LogP contribution in [0.4, 0.5) is 11.4 Å². The van der Waals surface area contributed by atoms with E-state index in [9.17, 15) is 14.4 Å². The van der Waals surface area contributed by atoms with Gasteiger partial charge in [-0.05, 0) is 78.2 Å². The summed E-state index contributed by atoms with van der Waals surface area (Å²) in [6, 6.07) is 33.0. The Balaban J connectivity index is 1.35. The highest BCUT2D eigenvalue weighted by Gasteiger charge is 2.19. The number of ether oxygens (including phenoxy) is 1. The van der Waals surface area contributed by atoms with Crippen molar-refractivity contribution in [3.63, 3.8) is 0 Å². The van der Waals surface area contributed by atoms with Gasteiger partial charge in [-0.15, -0.1) is 11.8 Å². The first-order valence-corrected chi connectivity index (χ1v) is 15.8. The molecule has 5 aromatic carbocycles. The van der Waals surface area contributed by atoms with Gasteiger partial charge in [0.25, 0.3) is 11.8 Å². The second kappa shape index (κ2) is 14.8. The van der Waals surface area contributed by atoms with Crippen LogP contribution in [0.3, 0.4) is 0 Å². The first kappa shape index (κ1) is 32.3. The zero-order chi connectivity index (χ0) is 32.6. The predicted octanol–water partition coefficient (Wildman–Crippen LogP) is 8.34. The van der Waals surface area contributed by atoms with Gasteiger partial charge in [-0.2, -0.15) is 0 Å². The molecule has 1 atom stereocenters. The van der Waals surface area contributed by atoms with Crippen molar-refractivity contribution in [2.75, 3.05) is 17.7 Å². The Morgan fingerprint density at radius 2 is 1.57 bits per heavy atom.